The van der Waals surface area contributed by atoms with Gasteiger partial charge in [0.05, 0.1) is 26.5 Å². The number of pyridine rings is 1. The molecule has 6 aromatic rings. The highest BCUT2D eigenvalue weighted by atomic mass is 16.5. The number of ether oxygens (including phenoxy) is 1. The molecule has 0 radical (unpaired) electrons. The lowest BCUT2D eigenvalue weighted by Gasteiger charge is -2.32. The van der Waals surface area contributed by atoms with Crippen LogP contribution in [0.3, 0.4) is 0 Å². The highest BCUT2D eigenvalue weighted by molar-refractivity contribution is 5.88. The zero-order valence-corrected chi connectivity index (χ0v) is 19.2. The monoisotopic (exact) mass is 469 g/mol. The van der Waals surface area contributed by atoms with Gasteiger partial charge in [-0.05, 0) is 60.6 Å². The van der Waals surface area contributed by atoms with E-state index in [0.717, 1.165) is 33.8 Å². The van der Waals surface area contributed by atoms with Crippen LogP contribution in [0, 0.1) is 0 Å². The van der Waals surface area contributed by atoms with Crippen LogP contribution in [0.15, 0.2) is 121 Å². The average Bonchev–Trinajstić information content (AvgIpc) is 3.36. The predicted octanol–water partition coefficient (Wildman–Crippen LogP) is 7.67. The minimum Gasteiger partial charge on any atom is -0.457 e. The van der Waals surface area contributed by atoms with Gasteiger partial charge in [-0.1, -0.05) is 48.5 Å². The highest BCUT2D eigenvalue weighted by Crippen LogP contribution is 2.42. The van der Waals surface area contributed by atoms with Crippen molar-refractivity contribution in [1.29, 1.82) is 0 Å². The second kappa shape index (κ2) is 8.40. The Labute approximate surface area is 213 Å². The number of nitrogens with zero attached hydrogens (tertiary/aromatic N) is 4. The fraction of sp³-hybridized carbons (Fsp3) is 0.0323. The number of fused-ring (bicyclic) bond motifs is 5. The molecule has 3 heterocycles. The van der Waals surface area contributed by atoms with E-state index in [2.05, 4.69) is 32.7 Å². The van der Waals surface area contributed by atoms with Crippen LogP contribution in [0.1, 0.15) is 4.11 Å². The van der Waals surface area contributed by atoms with Crippen LogP contribution in [-0.2, 0) is 6.67 Å². The van der Waals surface area contributed by atoms with E-state index in [1.807, 2.05) is 60.7 Å². The SMILES string of the molecule is [2H]c1c(Oc2cccc(N3Cn4c(nc5ccccc54)-c4ccccc43)c2)cc(-c2ccccn2)c([2H])c1[2H]. The molecule has 0 unspecified atom stereocenters. The van der Waals surface area contributed by atoms with Crippen LogP contribution in [0.2, 0.25) is 0 Å². The van der Waals surface area contributed by atoms with Crippen LogP contribution in [-0.4, -0.2) is 14.5 Å². The van der Waals surface area contributed by atoms with Crippen LogP contribution in [0.5, 0.6) is 11.5 Å². The lowest BCUT2D eigenvalue weighted by Crippen LogP contribution is -2.26. The molecule has 2 aromatic heterocycles. The van der Waals surface area contributed by atoms with Crippen molar-refractivity contribution in [1.82, 2.24) is 14.5 Å². The molecule has 5 nitrogen and oxygen atoms in total. The fourth-order valence-electron chi connectivity index (χ4n) is 4.68. The van der Waals surface area contributed by atoms with Crippen molar-refractivity contribution in [3.8, 4) is 34.1 Å². The van der Waals surface area contributed by atoms with Gasteiger partial charge in [-0.3, -0.25) is 4.98 Å². The number of imidazole rings is 1. The average molecular weight is 470 g/mol. The van der Waals surface area contributed by atoms with E-state index in [9.17, 15) is 0 Å². The fourth-order valence-corrected chi connectivity index (χ4v) is 4.68. The lowest BCUT2D eigenvalue weighted by molar-refractivity contribution is 0.483. The molecule has 172 valence electrons. The minimum absolute atomic E-state index is 0.0481. The van der Waals surface area contributed by atoms with E-state index in [4.69, 9.17) is 13.8 Å². The maximum absolute atomic E-state index is 8.46. The van der Waals surface area contributed by atoms with E-state index in [-0.39, 0.29) is 23.9 Å². The first-order valence-electron chi connectivity index (χ1n) is 13.2. The van der Waals surface area contributed by atoms with Gasteiger partial charge in [0.25, 0.3) is 0 Å². The molecule has 1 aliphatic rings. The summed E-state index contributed by atoms with van der Waals surface area (Å²) in [4.78, 5) is 11.4. The van der Waals surface area contributed by atoms with Crippen molar-refractivity contribution in [3.05, 3.63) is 121 Å². The zero-order valence-electron chi connectivity index (χ0n) is 22.2. The van der Waals surface area contributed by atoms with E-state index < -0.39 is 0 Å². The van der Waals surface area contributed by atoms with Gasteiger partial charge in [-0.25, -0.2) is 4.98 Å². The van der Waals surface area contributed by atoms with Gasteiger partial charge >= 0.3 is 0 Å². The van der Waals surface area contributed by atoms with Crippen molar-refractivity contribution >= 4 is 22.4 Å². The standard InChI is InChI=1S/C31H22N4O/c1-3-16-29-26(13-1)31-33-28-15-2-4-17-30(28)35(31)21-34(29)23-10-8-12-25(20-23)36-24-11-7-9-22(19-24)27-14-5-6-18-32-27/h1-20H,21H2/i7D,9D,11D. The molecule has 7 rings (SSSR count). The summed E-state index contributed by atoms with van der Waals surface area (Å²) in [7, 11) is 0. The molecule has 4 aromatic carbocycles. The van der Waals surface area contributed by atoms with Gasteiger partial charge in [0, 0.05) is 29.1 Å². The van der Waals surface area contributed by atoms with Crippen molar-refractivity contribution < 1.29 is 8.85 Å². The van der Waals surface area contributed by atoms with Gasteiger partial charge in [0.1, 0.15) is 24.0 Å². The summed E-state index contributed by atoms with van der Waals surface area (Å²) in [6.45, 7) is 0.578. The van der Waals surface area contributed by atoms with Gasteiger partial charge in [-0.2, -0.15) is 0 Å². The first-order chi connectivity index (χ1) is 19.1. The normalized spacial score (nSPS) is 13.4. The van der Waals surface area contributed by atoms with Crippen molar-refractivity contribution in [2.45, 2.75) is 6.67 Å². The van der Waals surface area contributed by atoms with Crippen molar-refractivity contribution in [2.24, 2.45) is 0 Å². The summed E-state index contributed by atoms with van der Waals surface area (Å²) in [5.41, 5.74) is 6.04. The minimum atomic E-state index is -0.200. The molecule has 0 bridgehead atoms. The summed E-state index contributed by atoms with van der Waals surface area (Å²) in [5.74, 6) is 1.68. The molecular formula is C31H22N4O. The summed E-state index contributed by atoms with van der Waals surface area (Å²) in [6, 6.07) is 30.7. The van der Waals surface area contributed by atoms with Crippen molar-refractivity contribution in [2.75, 3.05) is 4.90 Å². The topological polar surface area (TPSA) is 43.2 Å². The first kappa shape index (κ1) is 17.5. The Morgan fingerprint density at radius 3 is 2.64 bits per heavy atom. The Hall–Kier alpha value is -4.90. The molecule has 0 saturated carbocycles. The molecule has 0 spiro atoms. The van der Waals surface area contributed by atoms with Crippen LogP contribution < -0.4 is 9.64 Å². The Kier molecular flexibility index (Phi) is 4.09. The maximum atomic E-state index is 8.46. The van der Waals surface area contributed by atoms with Gasteiger partial charge in [0.2, 0.25) is 0 Å². The highest BCUT2D eigenvalue weighted by Gasteiger charge is 2.26. The summed E-state index contributed by atoms with van der Waals surface area (Å²) in [5, 5.41) is 0. The smallest absolute Gasteiger partial charge is 0.144 e. The van der Waals surface area contributed by atoms with Crippen LogP contribution >= 0.6 is 0 Å². The predicted molar refractivity (Wildman–Crippen MR) is 143 cm³/mol. The second-order valence-corrected chi connectivity index (χ2v) is 8.55. The van der Waals surface area contributed by atoms with Gasteiger partial charge < -0.3 is 14.2 Å². The molecule has 0 atom stereocenters. The Bertz CT molecular complexity index is 1870. The Balaban J connectivity index is 1.29. The van der Waals surface area contributed by atoms with Gasteiger partial charge in [0.15, 0.2) is 0 Å². The van der Waals surface area contributed by atoms with E-state index >= 15 is 0 Å². The second-order valence-electron chi connectivity index (χ2n) is 8.55. The van der Waals surface area contributed by atoms with Crippen LogP contribution in [0.25, 0.3) is 33.7 Å². The number of para-hydroxylation sites is 3. The molecular weight excluding hydrogens is 444 g/mol. The molecule has 0 fully saturated rings. The zero-order chi connectivity index (χ0) is 26.5. The number of hydrogen-bond acceptors (Lipinski definition) is 4. The number of benzene rings is 4. The summed E-state index contributed by atoms with van der Waals surface area (Å²) >= 11 is 0. The molecule has 0 N–H and O–H groups in total. The molecule has 0 aliphatic carbocycles. The summed E-state index contributed by atoms with van der Waals surface area (Å²) in [6.07, 6.45) is 1.64. The maximum Gasteiger partial charge on any atom is 0.144 e. The largest absolute Gasteiger partial charge is 0.457 e. The van der Waals surface area contributed by atoms with E-state index in [1.54, 1.807) is 24.4 Å². The number of anilines is 2. The number of rotatable bonds is 4. The lowest BCUT2D eigenvalue weighted by atomic mass is 10.1. The molecule has 0 saturated heterocycles. The van der Waals surface area contributed by atoms with Gasteiger partial charge in [-0.15, -0.1) is 0 Å². The van der Waals surface area contributed by atoms with Crippen molar-refractivity contribution in [3.63, 3.8) is 0 Å². The number of hydrogen-bond donors (Lipinski definition) is 0. The molecule has 5 heteroatoms. The number of aromatic nitrogens is 3. The molecule has 1 aliphatic heterocycles. The van der Waals surface area contributed by atoms with E-state index in [0.29, 0.717) is 23.7 Å². The molecule has 36 heavy (non-hydrogen) atoms. The third kappa shape index (κ3) is 3.49. The van der Waals surface area contributed by atoms with E-state index in [1.165, 1.54) is 0 Å². The third-order valence-electron chi connectivity index (χ3n) is 6.33. The Morgan fingerprint density at radius 2 is 1.69 bits per heavy atom. The first-order valence-corrected chi connectivity index (χ1v) is 11.7. The quantitative estimate of drug-likeness (QED) is 0.266. The third-order valence-corrected chi connectivity index (χ3v) is 6.33. The van der Waals surface area contributed by atoms with Crippen LogP contribution in [0.4, 0.5) is 11.4 Å². The summed E-state index contributed by atoms with van der Waals surface area (Å²) < 4.78 is 33.6. The molecule has 0 amide bonds. The Morgan fingerprint density at radius 1 is 0.806 bits per heavy atom.